The van der Waals surface area contributed by atoms with E-state index in [0.717, 1.165) is 51.5 Å². The van der Waals surface area contributed by atoms with Gasteiger partial charge in [-0.3, -0.25) is 4.90 Å². The molecule has 2 saturated heterocycles. The molecular formula is C49H71NO3. The first-order valence-corrected chi connectivity index (χ1v) is 22.6. The fraction of sp³-hybridized carbons (Fsp3) is 0.755. The molecule has 2 aliphatic heterocycles. The van der Waals surface area contributed by atoms with Gasteiger partial charge in [-0.1, -0.05) is 80.8 Å². The summed E-state index contributed by atoms with van der Waals surface area (Å²) in [4.78, 5) is 2.84. The van der Waals surface area contributed by atoms with Crippen molar-refractivity contribution >= 4 is 0 Å². The van der Waals surface area contributed by atoms with Crippen molar-refractivity contribution < 1.29 is 15.3 Å². The Bertz CT molecular complexity index is 1580. The molecule has 15 atom stereocenters. The standard InChI is InChI=1S/C49H71NO3/c1-31-15-18-47-49(53,37-14-8-13-35(25-37)24-36-22-32(2)21-34(23-36)12-7-11-33-9-5-4-6-10-33)43-17-16-39-40(42(43)30-50(47)29-31)27-44-41(39)28-46(52)45-26-38(51)19-20-48(44,45)3/h4-6,9-10,21-23,31,35,37-47,51-53H,7-8,11-20,24-30H2,1-3H3. The molecule has 0 bridgehead atoms. The van der Waals surface area contributed by atoms with Crippen LogP contribution in [0, 0.1) is 71.5 Å². The Kier molecular flexibility index (Phi) is 10.2. The van der Waals surface area contributed by atoms with Gasteiger partial charge < -0.3 is 15.3 Å². The molecule has 2 heterocycles. The number of fused-ring (bicyclic) bond motifs is 8. The van der Waals surface area contributed by atoms with Crippen LogP contribution >= 0.6 is 0 Å². The lowest BCUT2D eigenvalue weighted by molar-refractivity contribution is -0.217. The number of piperidine rings is 2. The van der Waals surface area contributed by atoms with E-state index >= 15 is 0 Å². The van der Waals surface area contributed by atoms with Crippen LogP contribution in [-0.2, 0) is 19.3 Å². The van der Waals surface area contributed by atoms with Crippen molar-refractivity contribution in [3.05, 3.63) is 70.8 Å². The molecular weight excluding hydrogens is 651 g/mol. The van der Waals surface area contributed by atoms with Crippen LogP contribution < -0.4 is 0 Å². The van der Waals surface area contributed by atoms with E-state index in [4.69, 9.17) is 0 Å². The maximum Gasteiger partial charge on any atom is 0.0861 e. The van der Waals surface area contributed by atoms with Crippen molar-refractivity contribution in [1.29, 1.82) is 0 Å². The maximum atomic E-state index is 13.7. The SMILES string of the molecule is Cc1cc(CCCc2ccccc2)cc(CC2CCCC(C3(O)C4CCC5C(CC6C5CC(O)C5CC(O)CCC56C)C4CN4CC(C)CCC43)C2)c1. The van der Waals surface area contributed by atoms with Crippen LogP contribution in [0.4, 0.5) is 0 Å². The number of benzene rings is 2. The summed E-state index contributed by atoms with van der Waals surface area (Å²) in [6.07, 6.45) is 18.9. The summed E-state index contributed by atoms with van der Waals surface area (Å²) in [6, 6.07) is 18.6. The number of aliphatic hydroxyl groups excluding tert-OH is 2. The lowest BCUT2D eigenvalue weighted by Gasteiger charge is -2.63. The zero-order chi connectivity index (χ0) is 36.5. The van der Waals surface area contributed by atoms with Gasteiger partial charge in [-0.05, 0) is 185 Å². The molecule has 15 unspecified atom stereocenters. The summed E-state index contributed by atoms with van der Waals surface area (Å²) >= 11 is 0. The van der Waals surface area contributed by atoms with Crippen molar-refractivity contribution in [3.8, 4) is 0 Å². The van der Waals surface area contributed by atoms with Crippen LogP contribution in [-0.4, -0.2) is 57.2 Å². The highest BCUT2D eigenvalue weighted by molar-refractivity contribution is 5.30. The van der Waals surface area contributed by atoms with E-state index in [1.807, 2.05) is 0 Å². The number of aliphatic hydroxyl groups is 3. The first-order chi connectivity index (χ1) is 25.6. The highest BCUT2D eigenvalue weighted by atomic mass is 16.3. The largest absolute Gasteiger partial charge is 0.393 e. The monoisotopic (exact) mass is 722 g/mol. The third-order valence-electron chi connectivity index (χ3n) is 17.7. The van der Waals surface area contributed by atoms with Gasteiger partial charge in [0.15, 0.2) is 0 Å². The number of nitrogens with zero attached hydrogens (tertiary/aromatic N) is 1. The average Bonchev–Trinajstić information content (AvgIpc) is 3.52. The van der Waals surface area contributed by atoms with Crippen LogP contribution in [0.5, 0.6) is 0 Å². The van der Waals surface area contributed by atoms with Crippen LogP contribution in [0.1, 0.15) is 126 Å². The molecule has 2 aromatic rings. The molecule has 7 fully saturated rings. The second-order valence-corrected chi connectivity index (χ2v) is 20.7. The molecule has 7 aliphatic rings. The van der Waals surface area contributed by atoms with Crippen LogP contribution in [0.3, 0.4) is 0 Å². The van der Waals surface area contributed by atoms with Crippen molar-refractivity contribution in [3.63, 3.8) is 0 Å². The Morgan fingerprint density at radius 1 is 0.717 bits per heavy atom. The van der Waals surface area contributed by atoms with Crippen molar-refractivity contribution in [2.45, 2.75) is 154 Å². The van der Waals surface area contributed by atoms with E-state index in [0.29, 0.717) is 59.3 Å². The van der Waals surface area contributed by atoms with E-state index in [2.05, 4.69) is 74.2 Å². The predicted molar refractivity (Wildman–Crippen MR) is 214 cm³/mol. The molecule has 4 heteroatoms. The first kappa shape index (κ1) is 36.9. The van der Waals surface area contributed by atoms with Gasteiger partial charge in [-0.15, -0.1) is 0 Å². The van der Waals surface area contributed by atoms with Crippen LogP contribution in [0.15, 0.2) is 48.5 Å². The van der Waals surface area contributed by atoms with Gasteiger partial charge in [0.1, 0.15) is 0 Å². The second-order valence-electron chi connectivity index (χ2n) is 20.7. The molecule has 0 amide bonds. The molecule has 0 aromatic heterocycles. The smallest absolute Gasteiger partial charge is 0.0861 e. The zero-order valence-electron chi connectivity index (χ0n) is 33.3. The van der Waals surface area contributed by atoms with E-state index < -0.39 is 5.60 Å². The Morgan fingerprint density at radius 2 is 1.53 bits per heavy atom. The quantitative estimate of drug-likeness (QED) is 0.267. The zero-order valence-corrected chi connectivity index (χ0v) is 33.3. The van der Waals surface area contributed by atoms with Gasteiger partial charge in [0.2, 0.25) is 0 Å². The molecule has 3 N–H and O–H groups in total. The summed E-state index contributed by atoms with van der Waals surface area (Å²) < 4.78 is 0. The lowest BCUT2D eigenvalue weighted by Crippen LogP contribution is -2.71. The summed E-state index contributed by atoms with van der Waals surface area (Å²) in [5.74, 6) is 5.66. The van der Waals surface area contributed by atoms with Crippen molar-refractivity contribution in [2.75, 3.05) is 13.1 Å². The van der Waals surface area contributed by atoms with E-state index in [1.165, 1.54) is 93.0 Å². The Morgan fingerprint density at radius 3 is 2.38 bits per heavy atom. The topological polar surface area (TPSA) is 63.9 Å². The van der Waals surface area contributed by atoms with E-state index in [-0.39, 0.29) is 23.5 Å². The first-order valence-electron chi connectivity index (χ1n) is 22.6. The Balaban J connectivity index is 0.941. The van der Waals surface area contributed by atoms with Gasteiger partial charge in [-0.25, -0.2) is 0 Å². The minimum atomic E-state index is -0.587. The molecule has 290 valence electrons. The molecule has 9 rings (SSSR count). The Labute approximate surface area is 321 Å². The molecule has 5 saturated carbocycles. The molecule has 53 heavy (non-hydrogen) atoms. The molecule has 2 aromatic carbocycles. The van der Waals surface area contributed by atoms with Crippen LogP contribution in [0.2, 0.25) is 0 Å². The number of rotatable bonds is 7. The summed E-state index contributed by atoms with van der Waals surface area (Å²) in [5.41, 5.74) is 5.41. The third-order valence-corrected chi connectivity index (χ3v) is 17.7. The van der Waals surface area contributed by atoms with Crippen molar-refractivity contribution in [2.24, 2.45) is 64.6 Å². The van der Waals surface area contributed by atoms with Gasteiger partial charge in [0.05, 0.1) is 17.8 Å². The minimum Gasteiger partial charge on any atom is -0.393 e. The summed E-state index contributed by atoms with van der Waals surface area (Å²) in [5, 5.41) is 35.9. The van der Waals surface area contributed by atoms with Crippen molar-refractivity contribution in [1.82, 2.24) is 4.90 Å². The van der Waals surface area contributed by atoms with Gasteiger partial charge >= 0.3 is 0 Å². The molecule has 0 spiro atoms. The highest BCUT2D eigenvalue weighted by Crippen LogP contribution is 2.68. The summed E-state index contributed by atoms with van der Waals surface area (Å²) in [6.45, 7) is 9.58. The fourth-order valence-corrected chi connectivity index (χ4v) is 15.5. The fourth-order valence-electron chi connectivity index (χ4n) is 15.5. The van der Waals surface area contributed by atoms with Gasteiger partial charge in [0, 0.05) is 19.1 Å². The maximum absolute atomic E-state index is 13.7. The van der Waals surface area contributed by atoms with E-state index in [9.17, 15) is 15.3 Å². The highest BCUT2D eigenvalue weighted by Gasteiger charge is 2.66. The Hall–Kier alpha value is -1.72. The second kappa shape index (κ2) is 14.7. The molecule has 0 radical (unpaired) electrons. The average molecular weight is 722 g/mol. The molecule has 5 aliphatic carbocycles. The third kappa shape index (κ3) is 6.70. The van der Waals surface area contributed by atoms with E-state index in [1.54, 1.807) is 0 Å². The van der Waals surface area contributed by atoms with Gasteiger partial charge in [0.25, 0.3) is 0 Å². The number of hydrogen-bond donors (Lipinski definition) is 3. The normalized spacial score (nSPS) is 45.4. The van der Waals surface area contributed by atoms with Gasteiger partial charge in [-0.2, -0.15) is 0 Å². The summed E-state index contributed by atoms with van der Waals surface area (Å²) in [7, 11) is 0. The number of hydrogen-bond acceptors (Lipinski definition) is 4. The molecule has 4 nitrogen and oxygen atoms in total. The van der Waals surface area contributed by atoms with Crippen LogP contribution in [0.25, 0.3) is 0 Å². The predicted octanol–water partition coefficient (Wildman–Crippen LogP) is 9.19. The minimum absolute atomic E-state index is 0.148. The number of aryl methyl sites for hydroxylation is 3. The lowest BCUT2D eigenvalue weighted by atomic mass is 9.50.